The first-order valence-electron chi connectivity index (χ1n) is 6.79. The first-order chi connectivity index (χ1) is 10.1. The van der Waals surface area contributed by atoms with E-state index >= 15 is 0 Å². The van der Waals surface area contributed by atoms with E-state index < -0.39 is 0 Å². The van der Waals surface area contributed by atoms with Gasteiger partial charge in [0.1, 0.15) is 0 Å². The van der Waals surface area contributed by atoms with Crippen molar-refractivity contribution >= 4 is 26.9 Å². The predicted molar refractivity (Wildman–Crippen MR) is 91.6 cm³/mol. The second kappa shape index (κ2) is 6.68. The van der Waals surface area contributed by atoms with Crippen LogP contribution >= 0.6 is 9.24 Å². The van der Waals surface area contributed by atoms with E-state index in [1.165, 1.54) is 5.57 Å². The molecular weight excluding hydrogens is 283 g/mol. The third-order valence-electron chi connectivity index (χ3n) is 3.62. The Kier molecular flexibility index (Phi) is 4.91. The number of nitrogens with zero attached hydrogens (tertiary/aromatic N) is 2. The van der Waals surface area contributed by atoms with E-state index in [4.69, 9.17) is 16.9 Å². The first-order valence-corrected chi connectivity index (χ1v) is 7.36. The highest BCUT2D eigenvalue weighted by Crippen LogP contribution is 2.30. The van der Waals surface area contributed by atoms with Gasteiger partial charge >= 0.3 is 0 Å². The van der Waals surface area contributed by atoms with Crippen LogP contribution < -0.4 is 16.8 Å². The lowest BCUT2D eigenvalue weighted by Crippen LogP contribution is -2.32. The summed E-state index contributed by atoms with van der Waals surface area (Å²) in [6.45, 7) is 0. The van der Waals surface area contributed by atoms with Crippen molar-refractivity contribution in [3.05, 3.63) is 34.7 Å². The number of nitrogens with one attached hydrogen (secondary N) is 2. The Hall–Kier alpha value is -1.94. The largest absolute Gasteiger partial charge is 0.400 e. The molecule has 0 amide bonds. The molecule has 1 aliphatic heterocycles. The quantitative estimate of drug-likeness (QED) is 0.355. The highest BCUT2D eigenvalue weighted by Gasteiger charge is 2.28. The van der Waals surface area contributed by atoms with Gasteiger partial charge in [-0.1, -0.05) is 15.3 Å². The van der Waals surface area contributed by atoms with Crippen molar-refractivity contribution in [3.63, 3.8) is 0 Å². The molecule has 0 saturated heterocycles. The summed E-state index contributed by atoms with van der Waals surface area (Å²) in [5.74, 6) is 0.372. The van der Waals surface area contributed by atoms with Gasteiger partial charge in [-0.2, -0.15) is 0 Å². The number of aliphatic imine (C=N–C) groups is 2. The molecule has 0 aromatic heterocycles. The first kappa shape index (κ1) is 15.4. The Labute approximate surface area is 126 Å². The van der Waals surface area contributed by atoms with Gasteiger partial charge < -0.3 is 22.2 Å². The summed E-state index contributed by atoms with van der Waals surface area (Å²) in [7, 11) is 3.95. The van der Waals surface area contributed by atoms with E-state index in [-0.39, 0.29) is 11.5 Å². The summed E-state index contributed by atoms with van der Waals surface area (Å²) in [6.07, 6.45) is 8.41. The maximum absolute atomic E-state index is 7.93. The van der Waals surface area contributed by atoms with Crippen LogP contribution in [0.3, 0.4) is 0 Å². The zero-order valence-corrected chi connectivity index (χ0v) is 13.2. The molecule has 2 unspecified atom stereocenters. The van der Waals surface area contributed by atoms with Gasteiger partial charge in [0.15, 0.2) is 5.84 Å². The molecule has 2 rings (SSSR count). The number of rotatable bonds is 3. The van der Waals surface area contributed by atoms with Crippen molar-refractivity contribution < 1.29 is 0 Å². The average Bonchev–Trinajstić information content (AvgIpc) is 2.90. The molecule has 0 aromatic rings. The number of hydrogen-bond donors (Lipinski definition) is 4. The van der Waals surface area contributed by atoms with Crippen LogP contribution in [0.15, 0.2) is 44.7 Å². The summed E-state index contributed by atoms with van der Waals surface area (Å²) in [4.78, 5) is 8.08. The fourth-order valence-corrected chi connectivity index (χ4v) is 2.93. The van der Waals surface area contributed by atoms with Crippen molar-refractivity contribution in [2.75, 3.05) is 7.05 Å². The van der Waals surface area contributed by atoms with Crippen molar-refractivity contribution in [1.82, 2.24) is 5.32 Å². The Morgan fingerprint density at radius 1 is 1.57 bits per heavy atom. The smallest absolute Gasteiger partial charge is 0.160 e. The second-order valence-corrected chi connectivity index (χ2v) is 5.51. The van der Waals surface area contributed by atoms with Gasteiger partial charge in [-0.05, 0) is 30.9 Å². The highest BCUT2D eigenvalue weighted by atomic mass is 31.0. The molecular formula is C14H21N6P. The normalized spacial score (nSPS) is 23.1. The number of amidine groups is 1. The van der Waals surface area contributed by atoms with Crippen LogP contribution in [0, 0.1) is 5.41 Å². The monoisotopic (exact) mass is 304 g/mol. The lowest BCUT2D eigenvalue weighted by atomic mass is 9.98. The average molecular weight is 304 g/mol. The minimum atomic E-state index is -0.0293. The molecule has 0 radical (unpaired) electrons. The molecule has 2 aliphatic rings. The summed E-state index contributed by atoms with van der Waals surface area (Å²) in [6, 6.07) is -0.0293. The molecule has 2 atom stereocenters. The molecule has 0 saturated carbocycles. The minimum absolute atomic E-state index is 0.0293. The van der Waals surface area contributed by atoms with Crippen molar-refractivity contribution in [3.8, 4) is 0 Å². The van der Waals surface area contributed by atoms with Crippen LogP contribution in [0.2, 0.25) is 0 Å². The molecule has 0 bridgehead atoms. The molecule has 6 N–H and O–H groups in total. The molecule has 7 heteroatoms. The van der Waals surface area contributed by atoms with E-state index in [2.05, 4.69) is 36.7 Å². The molecule has 0 aromatic carbocycles. The summed E-state index contributed by atoms with van der Waals surface area (Å²) >= 11 is 0. The Morgan fingerprint density at radius 3 is 2.90 bits per heavy atom. The minimum Gasteiger partial charge on any atom is -0.400 e. The zero-order valence-electron chi connectivity index (χ0n) is 12.1. The van der Waals surface area contributed by atoms with E-state index in [1.807, 2.05) is 0 Å². The Bertz CT molecular complexity index is 597. The fourth-order valence-electron chi connectivity index (χ4n) is 2.63. The van der Waals surface area contributed by atoms with Crippen LogP contribution in [0.1, 0.15) is 19.3 Å². The van der Waals surface area contributed by atoms with Gasteiger partial charge in [0.2, 0.25) is 0 Å². The predicted octanol–water partition coefficient (Wildman–Crippen LogP) is 1.03. The van der Waals surface area contributed by atoms with E-state index in [1.54, 1.807) is 7.05 Å². The van der Waals surface area contributed by atoms with Crippen LogP contribution in [0.25, 0.3) is 0 Å². The third-order valence-corrected chi connectivity index (χ3v) is 3.91. The maximum atomic E-state index is 7.93. The molecule has 1 heterocycles. The van der Waals surface area contributed by atoms with Gasteiger partial charge in [-0.15, -0.1) is 0 Å². The van der Waals surface area contributed by atoms with E-state index in [9.17, 15) is 0 Å². The number of hydrogen-bond acceptors (Lipinski definition) is 4. The SMILES string of the molecule is CN=C(N=CN)C(C(=N)P)=C(N)C1CC2=C(C=CCC2)N1. The van der Waals surface area contributed by atoms with Crippen molar-refractivity contribution in [2.45, 2.75) is 25.3 Å². The number of nitrogens with two attached hydrogens (primary N) is 2. The van der Waals surface area contributed by atoms with Crippen LogP contribution in [-0.2, 0) is 0 Å². The standard InChI is InChI=1S/C14H21N6P/c1-18-14(19-7-15)11(13(17)21)12(16)10-6-8-4-2-3-5-9(8)20-10/h3,5,7,10,17,20H,2,4,6,16,21H2,1H3,(H2,15,18,19). The second-order valence-electron chi connectivity index (χ2n) is 4.93. The third kappa shape index (κ3) is 3.22. The van der Waals surface area contributed by atoms with Crippen LogP contribution in [0.5, 0.6) is 0 Å². The lowest BCUT2D eigenvalue weighted by Gasteiger charge is -2.17. The summed E-state index contributed by atoms with van der Waals surface area (Å²) in [5.41, 5.74) is 15.5. The zero-order chi connectivity index (χ0) is 15.4. The van der Waals surface area contributed by atoms with Gasteiger partial charge in [-0.3, -0.25) is 4.99 Å². The number of allylic oxidation sites excluding steroid dienone is 2. The molecule has 1 aliphatic carbocycles. The molecule has 0 fully saturated rings. The van der Waals surface area contributed by atoms with Crippen molar-refractivity contribution in [2.24, 2.45) is 21.5 Å². The maximum Gasteiger partial charge on any atom is 0.160 e. The Balaban J connectivity index is 2.32. The summed E-state index contributed by atoms with van der Waals surface area (Å²) in [5, 5.41) is 11.3. The van der Waals surface area contributed by atoms with Gasteiger partial charge in [-0.25, -0.2) is 4.99 Å². The summed E-state index contributed by atoms with van der Waals surface area (Å²) < 4.78 is 0. The van der Waals surface area contributed by atoms with Gasteiger partial charge in [0, 0.05) is 18.4 Å². The van der Waals surface area contributed by atoms with E-state index in [0.29, 0.717) is 17.1 Å². The topological polar surface area (TPSA) is 113 Å². The van der Waals surface area contributed by atoms with Crippen LogP contribution in [-0.4, -0.2) is 30.7 Å². The van der Waals surface area contributed by atoms with Crippen molar-refractivity contribution in [1.29, 1.82) is 5.41 Å². The van der Waals surface area contributed by atoms with Gasteiger partial charge in [0.25, 0.3) is 0 Å². The Morgan fingerprint density at radius 2 is 2.33 bits per heavy atom. The van der Waals surface area contributed by atoms with Gasteiger partial charge in [0.05, 0.1) is 23.4 Å². The fraction of sp³-hybridized carbons (Fsp3) is 0.357. The molecule has 112 valence electrons. The molecule has 0 spiro atoms. The van der Waals surface area contributed by atoms with E-state index in [0.717, 1.165) is 31.3 Å². The molecule has 6 nitrogen and oxygen atoms in total. The van der Waals surface area contributed by atoms with Crippen LogP contribution in [0.4, 0.5) is 0 Å². The lowest BCUT2D eigenvalue weighted by molar-refractivity contribution is 0.685. The molecule has 21 heavy (non-hydrogen) atoms. The highest BCUT2D eigenvalue weighted by molar-refractivity contribution is 7.42.